The molecule has 1 heterocycles. The Kier molecular flexibility index (Phi) is 5.73. The van der Waals surface area contributed by atoms with Crippen LogP contribution in [-0.2, 0) is 9.53 Å². The molecule has 0 unspecified atom stereocenters. The lowest BCUT2D eigenvalue weighted by molar-refractivity contribution is -0.120. The summed E-state index contributed by atoms with van der Waals surface area (Å²) in [5, 5.41) is 5.24. The van der Waals surface area contributed by atoms with Gasteiger partial charge in [-0.25, -0.2) is 0 Å². The van der Waals surface area contributed by atoms with E-state index in [9.17, 15) is 9.59 Å². The minimum atomic E-state index is -0.282. The normalized spacial score (nSPS) is 10.2. The molecule has 0 aliphatic rings. The van der Waals surface area contributed by atoms with Crippen molar-refractivity contribution in [2.45, 2.75) is 0 Å². The van der Waals surface area contributed by atoms with Crippen molar-refractivity contribution in [3.63, 3.8) is 0 Å². The average molecular weight is 301 g/mol. The number of methoxy groups -OCH3 is 1. The van der Waals surface area contributed by atoms with Gasteiger partial charge >= 0.3 is 0 Å². The molecule has 0 bridgehead atoms. The largest absolute Gasteiger partial charge is 0.383 e. The van der Waals surface area contributed by atoms with Crippen LogP contribution in [0.1, 0.15) is 10.4 Å². The van der Waals surface area contributed by atoms with E-state index in [1.807, 2.05) is 41.2 Å². The molecule has 2 N–H and O–H groups in total. The molecule has 1 aromatic carbocycles. The van der Waals surface area contributed by atoms with Gasteiger partial charge < -0.3 is 19.9 Å². The lowest BCUT2D eigenvalue weighted by Crippen LogP contribution is -2.38. The van der Waals surface area contributed by atoms with Gasteiger partial charge in [-0.05, 0) is 30.3 Å². The molecular formula is C16H19N3O3. The summed E-state index contributed by atoms with van der Waals surface area (Å²) in [6.45, 7) is 0.809. The molecular weight excluding hydrogens is 282 g/mol. The van der Waals surface area contributed by atoms with Crippen molar-refractivity contribution in [2.24, 2.45) is 0 Å². The van der Waals surface area contributed by atoms with Crippen LogP contribution in [0.4, 0.5) is 0 Å². The zero-order valence-electron chi connectivity index (χ0n) is 12.4. The number of nitrogens with zero attached hydrogens (tertiary/aromatic N) is 1. The molecule has 0 atom stereocenters. The van der Waals surface area contributed by atoms with Gasteiger partial charge in [-0.15, -0.1) is 0 Å². The van der Waals surface area contributed by atoms with Crippen LogP contribution in [0, 0.1) is 0 Å². The first kappa shape index (κ1) is 15.8. The number of ether oxygens (including phenoxy) is 1. The first-order valence-electron chi connectivity index (χ1n) is 6.98. The molecule has 6 nitrogen and oxygen atoms in total. The fraction of sp³-hybridized carbons (Fsp3) is 0.250. The maximum atomic E-state index is 12.1. The summed E-state index contributed by atoms with van der Waals surface area (Å²) in [6.07, 6.45) is 3.81. The molecule has 0 spiro atoms. The maximum Gasteiger partial charge on any atom is 0.251 e. The van der Waals surface area contributed by atoms with Crippen LogP contribution in [0.15, 0.2) is 48.8 Å². The molecule has 22 heavy (non-hydrogen) atoms. The molecule has 2 rings (SSSR count). The van der Waals surface area contributed by atoms with E-state index in [0.29, 0.717) is 18.7 Å². The molecule has 0 aliphatic carbocycles. The van der Waals surface area contributed by atoms with E-state index < -0.39 is 0 Å². The number of carbonyl (C=O) groups is 2. The van der Waals surface area contributed by atoms with E-state index in [1.165, 1.54) is 0 Å². The van der Waals surface area contributed by atoms with Crippen LogP contribution >= 0.6 is 0 Å². The number of rotatable bonds is 7. The third-order valence-corrected chi connectivity index (χ3v) is 3.05. The average Bonchev–Trinajstić information content (AvgIpc) is 3.07. The molecule has 0 fully saturated rings. The summed E-state index contributed by atoms with van der Waals surface area (Å²) in [4.78, 5) is 23.6. The minimum Gasteiger partial charge on any atom is -0.383 e. The van der Waals surface area contributed by atoms with Crippen molar-refractivity contribution < 1.29 is 14.3 Å². The van der Waals surface area contributed by atoms with Crippen molar-refractivity contribution in [1.29, 1.82) is 0 Å². The summed E-state index contributed by atoms with van der Waals surface area (Å²) in [5.41, 5.74) is 1.40. The van der Waals surface area contributed by atoms with Gasteiger partial charge in [-0.1, -0.05) is 6.07 Å². The first-order valence-corrected chi connectivity index (χ1v) is 6.98. The van der Waals surface area contributed by atoms with Gasteiger partial charge in [-0.2, -0.15) is 0 Å². The topological polar surface area (TPSA) is 72.4 Å². The van der Waals surface area contributed by atoms with Crippen LogP contribution in [0.2, 0.25) is 0 Å². The molecule has 0 radical (unpaired) electrons. The van der Waals surface area contributed by atoms with Crippen LogP contribution in [0.3, 0.4) is 0 Å². The van der Waals surface area contributed by atoms with Gasteiger partial charge in [-0.3, -0.25) is 9.59 Å². The number of benzene rings is 1. The lowest BCUT2D eigenvalue weighted by Gasteiger charge is -2.08. The van der Waals surface area contributed by atoms with E-state index in [0.717, 1.165) is 5.69 Å². The van der Waals surface area contributed by atoms with Crippen LogP contribution < -0.4 is 10.6 Å². The SMILES string of the molecule is COCCNC(=O)CNC(=O)c1cccc(-n2cccc2)c1. The Balaban J connectivity index is 1.90. The van der Waals surface area contributed by atoms with Crippen LogP contribution in [-0.4, -0.2) is 43.2 Å². The smallest absolute Gasteiger partial charge is 0.251 e. The van der Waals surface area contributed by atoms with Gasteiger partial charge in [0.15, 0.2) is 0 Å². The number of carbonyl (C=O) groups excluding carboxylic acids is 2. The number of hydrogen-bond acceptors (Lipinski definition) is 3. The molecule has 2 amide bonds. The number of nitrogens with one attached hydrogen (secondary N) is 2. The van der Waals surface area contributed by atoms with Crippen LogP contribution in [0.25, 0.3) is 5.69 Å². The Morgan fingerprint density at radius 3 is 2.64 bits per heavy atom. The standard InChI is InChI=1S/C16H19N3O3/c1-22-10-7-17-15(20)12-18-16(21)13-5-4-6-14(11-13)19-8-2-3-9-19/h2-6,8-9,11H,7,10,12H2,1H3,(H,17,20)(H,18,21). The minimum absolute atomic E-state index is 0.0592. The van der Waals surface area contributed by atoms with Gasteiger partial charge in [0.1, 0.15) is 0 Å². The summed E-state index contributed by atoms with van der Waals surface area (Å²) in [7, 11) is 1.56. The predicted molar refractivity (Wildman–Crippen MR) is 83.0 cm³/mol. The Hall–Kier alpha value is -2.60. The molecule has 6 heteroatoms. The van der Waals surface area contributed by atoms with Gasteiger partial charge in [0.2, 0.25) is 5.91 Å². The van der Waals surface area contributed by atoms with E-state index in [2.05, 4.69) is 10.6 Å². The second kappa shape index (κ2) is 7.99. The van der Waals surface area contributed by atoms with Gasteiger partial charge in [0, 0.05) is 37.3 Å². The highest BCUT2D eigenvalue weighted by atomic mass is 16.5. The summed E-state index contributed by atoms with van der Waals surface area (Å²) in [5.74, 6) is -0.525. The molecule has 0 aliphatic heterocycles. The lowest BCUT2D eigenvalue weighted by atomic mass is 10.2. The second-order valence-corrected chi connectivity index (χ2v) is 4.67. The quantitative estimate of drug-likeness (QED) is 0.749. The van der Waals surface area contributed by atoms with Crippen molar-refractivity contribution in [3.05, 3.63) is 54.4 Å². The maximum absolute atomic E-state index is 12.1. The third kappa shape index (κ3) is 4.46. The Bertz CT molecular complexity index is 623. The molecule has 2 aromatic rings. The zero-order chi connectivity index (χ0) is 15.8. The monoisotopic (exact) mass is 301 g/mol. The third-order valence-electron chi connectivity index (χ3n) is 3.05. The van der Waals surface area contributed by atoms with E-state index >= 15 is 0 Å². The number of hydrogen-bond donors (Lipinski definition) is 2. The summed E-state index contributed by atoms with van der Waals surface area (Å²) in [6, 6.07) is 11.0. The van der Waals surface area contributed by atoms with Crippen molar-refractivity contribution >= 4 is 11.8 Å². The van der Waals surface area contributed by atoms with Crippen molar-refractivity contribution in [3.8, 4) is 5.69 Å². The van der Waals surface area contributed by atoms with E-state index in [4.69, 9.17) is 4.74 Å². The highest BCUT2D eigenvalue weighted by Crippen LogP contribution is 2.10. The molecule has 116 valence electrons. The number of amides is 2. The van der Waals surface area contributed by atoms with E-state index in [-0.39, 0.29) is 18.4 Å². The molecule has 1 aromatic heterocycles. The fourth-order valence-electron chi connectivity index (χ4n) is 1.93. The highest BCUT2D eigenvalue weighted by molar-refractivity contribution is 5.96. The van der Waals surface area contributed by atoms with E-state index in [1.54, 1.807) is 19.2 Å². The highest BCUT2D eigenvalue weighted by Gasteiger charge is 2.08. The Labute approximate surface area is 129 Å². The van der Waals surface area contributed by atoms with Crippen molar-refractivity contribution in [2.75, 3.05) is 26.8 Å². The fourth-order valence-corrected chi connectivity index (χ4v) is 1.93. The van der Waals surface area contributed by atoms with Gasteiger partial charge in [0.05, 0.1) is 13.2 Å². The predicted octanol–water partition coefficient (Wildman–Crippen LogP) is 0.970. The molecule has 0 saturated heterocycles. The number of aromatic nitrogens is 1. The van der Waals surface area contributed by atoms with Gasteiger partial charge in [0.25, 0.3) is 5.91 Å². The summed E-state index contributed by atoms with van der Waals surface area (Å²) >= 11 is 0. The second-order valence-electron chi connectivity index (χ2n) is 4.67. The van der Waals surface area contributed by atoms with Crippen molar-refractivity contribution in [1.82, 2.24) is 15.2 Å². The first-order chi connectivity index (χ1) is 10.7. The van der Waals surface area contributed by atoms with Crippen LogP contribution in [0.5, 0.6) is 0 Å². The zero-order valence-corrected chi connectivity index (χ0v) is 12.4. The summed E-state index contributed by atoms with van der Waals surface area (Å²) < 4.78 is 6.74. The Morgan fingerprint density at radius 2 is 1.91 bits per heavy atom. The Morgan fingerprint density at radius 1 is 1.14 bits per heavy atom. The molecule has 0 saturated carbocycles.